The van der Waals surface area contributed by atoms with Gasteiger partial charge in [-0.1, -0.05) is 0 Å². The molecule has 0 bridgehead atoms. The predicted molar refractivity (Wildman–Crippen MR) is 99.5 cm³/mol. The number of nitrogens with zero attached hydrogens (tertiary/aromatic N) is 4. The maximum atomic E-state index is 12.7. The summed E-state index contributed by atoms with van der Waals surface area (Å²) in [6.07, 6.45) is 0.598. The highest BCUT2D eigenvalue weighted by atomic mass is 19.4. The van der Waals surface area contributed by atoms with Crippen molar-refractivity contribution in [2.24, 2.45) is 5.41 Å². The molecule has 0 aliphatic rings. The number of alkyl halides is 3. The van der Waals surface area contributed by atoms with Gasteiger partial charge in [0, 0.05) is 35.8 Å². The van der Waals surface area contributed by atoms with Crippen molar-refractivity contribution in [2.75, 3.05) is 6.61 Å². The van der Waals surface area contributed by atoms with Crippen LogP contribution in [0.1, 0.15) is 25.1 Å². The van der Waals surface area contributed by atoms with E-state index in [4.69, 9.17) is 9.84 Å². The molecule has 0 atom stereocenters. The molecule has 0 spiro atoms. The molecule has 3 rings (SSSR count). The number of aromatic nitrogens is 5. The lowest BCUT2D eigenvalue weighted by molar-refractivity contribution is -0.148. The number of H-pyrrole nitrogens is 1. The third kappa shape index (κ3) is 4.56. The SMILES string of the molecule is Cc1cc(OCC(C)(C)C(=O)O)ncc1-c1cnc(-c2ncc(C(F)(F)F)[nH]2)nc1. The molecule has 0 saturated carbocycles. The van der Waals surface area contributed by atoms with E-state index in [1.165, 1.54) is 18.6 Å². The maximum Gasteiger partial charge on any atom is 0.432 e. The monoisotopic (exact) mass is 421 g/mol. The summed E-state index contributed by atoms with van der Waals surface area (Å²) in [5, 5.41) is 9.14. The Bertz CT molecular complexity index is 1060. The first-order valence-electron chi connectivity index (χ1n) is 8.75. The van der Waals surface area contributed by atoms with Crippen molar-refractivity contribution in [2.45, 2.75) is 26.9 Å². The summed E-state index contributed by atoms with van der Waals surface area (Å²) in [6, 6.07) is 1.66. The Morgan fingerprint density at radius 2 is 1.77 bits per heavy atom. The van der Waals surface area contributed by atoms with Crippen LogP contribution < -0.4 is 4.74 Å². The Morgan fingerprint density at radius 1 is 1.10 bits per heavy atom. The molecule has 3 aromatic heterocycles. The lowest BCUT2D eigenvalue weighted by Crippen LogP contribution is -2.30. The maximum absolute atomic E-state index is 12.7. The third-order valence-corrected chi connectivity index (χ3v) is 4.30. The fraction of sp³-hybridized carbons (Fsp3) is 0.316. The van der Waals surface area contributed by atoms with Crippen LogP contribution >= 0.6 is 0 Å². The van der Waals surface area contributed by atoms with E-state index in [0.29, 0.717) is 17.3 Å². The molecule has 158 valence electrons. The van der Waals surface area contributed by atoms with Crippen molar-refractivity contribution in [1.82, 2.24) is 24.9 Å². The highest BCUT2D eigenvalue weighted by Gasteiger charge is 2.33. The molecule has 3 aromatic rings. The zero-order chi connectivity index (χ0) is 22.1. The summed E-state index contributed by atoms with van der Waals surface area (Å²) < 4.78 is 43.5. The Labute approximate surface area is 169 Å². The van der Waals surface area contributed by atoms with Gasteiger partial charge >= 0.3 is 12.1 Å². The molecule has 0 saturated heterocycles. The van der Waals surface area contributed by atoms with E-state index in [1.807, 2.05) is 6.92 Å². The number of pyridine rings is 1. The van der Waals surface area contributed by atoms with Crippen LogP contribution in [-0.2, 0) is 11.0 Å². The Balaban J connectivity index is 1.76. The summed E-state index contributed by atoms with van der Waals surface area (Å²) in [5.74, 6) is -0.769. The molecule has 11 heteroatoms. The van der Waals surface area contributed by atoms with Crippen molar-refractivity contribution in [3.8, 4) is 28.7 Å². The highest BCUT2D eigenvalue weighted by molar-refractivity contribution is 5.73. The van der Waals surface area contributed by atoms with Crippen molar-refractivity contribution < 1.29 is 27.8 Å². The second-order valence-corrected chi connectivity index (χ2v) is 7.25. The second kappa shape index (κ2) is 7.73. The number of hydrogen-bond donors (Lipinski definition) is 2. The molecule has 8 nitrogen and oxygen atoms in total. The minimum absolute atomic E-state index is 0.0238. The predicted octanol–water partition coefficient (Wildman–Crippen LogP) is 3.75. The van der Waals surface area contributed by atoms with Crippen LogP contribution in [0.4, 0.5) is 13.2 Å². The van der Waals surface area contributed by atoms with Gasteiger partial charge in [0.25, 0.3) is 0 Å². The van der Waals surface area contributed by atoms with Gasteiger partial charge in [0.05, 0.1) is 11.6 Å². The number of aliphatic carboxylic acids is 1. The average Bonchev–Trinajstić information content (AvgIpc) is 3.17. The van der Waals surface area contributed by atoms with E-state index in [-0.39, 0.29) is 24.1 Å². The molecule has 0 aromatic carbocycles. The summed E-state index contributed by atoms with van der Waals surface area (Å²) in [4.78, 5) is 29.3. The zero-order valence-corrected chi connectivity index (χ0v) is 16.3. The first-order valence-corrected chi connectivity index (χ1v) is 8.75. The van der Waals surface area contributed by atoms with Gasteiger partial charge in [-0.3, -0.25) is 4.79 Å². The molecular formula is C19H18F3N5O3. The van der Waals surface area contributed by atoms with E-state index < -0.39 is 23.3 Å². The summed E-state index contributed by atoms with van der Waals surface area (Å²) in [6.45, 7) is 4.86. The topological polar surface area (TPSA) is 114 Å². The number of aromatic amines is 1. The van der Waals surface area contributed by atoms with Gasteiger partial charge < -0.3 is 14.8 Å². The van der Waals surface area contributed by atoms with Crippen LogP contribution in [0.5, 0.6) is 5.88 Å². The zero-order valence-electron chi connectivity index (χ0n) is 16.3. The molecule has 0 unspecified atom stereocenters. The first-order chi connectivity index (χ1) is 14.0. The van der Waals surface area contributed by atoms with Gasteiger partial charge in [-0.05, 0) is 26.3 Å². The lowest BCUT2D eigenvalue weighted by Gasteiger charge is -2.19. The largest absolute Gasteiger partial charge is 0.481 e. The van der Waals surface area contributed by atoms with Gasteiger partial charge in [-0.25, -0.2) is 19.9 Å². The molecule has 30 heavy (non-hydrogen) atoms. The molecule has 2 N–H and O–H groups in total. The summed E-state index contributed by atoms with van der Waals surface area (Å²) in [7, 11) is 0. The Morgan fingerprint density at radius 3 is 2.30 bits per heavy atom. The molecule has 0 aliphatic carbocycles. The fourth-order valence-electron chi connectivity index (χ4n) is 2.40. The second-order valence-electron chi connectivity index (χ2n) is 7.25. The number of aryl methyl sites for hydroxylation is 1. The van der Waals surface area contributed by atoms with Gasteiger partial charge in [-0.15, -0.1) is 0 Å². The fourth-order valence-corrected chi connectivity index (χ4v) is 2.40. The van der Waals surface area contributed by atoms with Crippen LogP contribution in [0.2, 0.25) is 0 Å². The number of halogens is 3. The van der Waals surface area contributed by atoms with Gasteiger partial charge in [-0.2, -0.15) is 13.2 Å². The molecule has 3 heterocycles. The van der Waals surface area contributed by atoms with E-state index in [9.17, 15) is 18.0 Å². The van der Waals surface area contributed by atoms with Crippen molar-refractivity contribution >= 4 is 5.97 Å². The molecular weight excluding hydrogens is 403 g/mol. The van der Waals surface area contributed by atoms with Gasteiger partial charge in [0.15, 0.2) is 11.6 Å². The molecule has 0 amide bonds. The van der Waals surface area contributed by atoms with Crippen molar-refractivity contribution in [1.29, 1.82) is 0 Å². The van der Waals surface area contributed by atoms with E-state index in [2.05, 4.69) is 24.9 Å². The molecule has 0 fully saturated rings. The standard InChI is InChI=1S/C19H18F3N5O3/c1-10-4-14(30-9-18(2,3)17(28)29)23-7-12(10)11-5-24-15(25-6-11)16-26-8-13(27-16)19(20,21)22/h4-8H,9H2,1-3H3,(H,26,27)(H,28,29). The highest BCUT2D eigenvalue weighted by Crippen LogP contribution is 2.29. The number of carboxylic acids is 1. The third-order valence-electron chi connectivity index (χ3n) is 4.30. The quantitative estimate of drug-likeness (QED) is 0.623. The molecule has 0 aliphatic heterocycles. The van der Waals surface area contributed by atoms with E-state index >= 15 is 0 Å². The van der Waals surface area contributed by atoms with Crippen molar-refractivity contribution in [3.63, 3.8) is 0 Å². The normalized spacial score (nSPS) is 12.1. The number of ether oxygens (including phenoxy) is 1. The number of nitrogens with one attached hydrogen (secondary N) is 1. The van der Waals surface area contributed by atoms with E-state index in [0.717, 1.165) is 5.56 Å². The number of imidazole rings is 1. The van der Waals surface area contributed by atoms with E-state index in [1.54, 1.807) is 19.9 Å². The van der Waals surface area contributed by atoms with Gasteiger partial charge in [0.2, 0.25) is 5.88 Å². The van der Waals surface area contributed by atoms with Crippen LogP contribution in [-0.4, -0.2) is 42.6 Å². The number of carbonyl (C=O) groups is 1. The van der Waals surface area contributed by atoms with Gasteiger partial charge in [0.1, 0.15) is 12.3 Å². The minimum Gasteiger partial charge on any atom is -0.481 e. The number of hydrogen-bond acceptors (Lipinski definition) is 6. The smallest absolute Gasteiger partial charge is 0.432 e. The van der Waals surface area contributed by atoms with Crippen LogP contribution in [0.25, 0.3) is 22.8 Å². The number of rotatable bonds is 6. The Hall–Kier alpha value is -3.50. The summed E-state index contributed by atoms with van der Waals surface area (Å²) >= 11 is 0. The molecule has 0 radical (unpaired) electrons. The van der Waals surface area contributed by atoms with Crippen molar-refractivity contribution in [3.05, 3.63) is 42.1 Å². The van der Waals surface area contributed by atoms with Crippen LogP contribution in [0, 0.1) is 12.3 Å². The number of carboxylic acid groups (broad SMARTS) is 1. The average molecular weight is 421 g/mol. The lowest BCUT2D eigenvalue weighted by atomic mass is 9.95. The first kappa shape index (κ1) is 21.2. The van der Waals surface area contributed by atoms with Crippen LogP contribution in [0.15, 0.2) is 30.9 Å². The van der Waals surface area contributed by atoms with Crippen LogP contribution in [0.3, 0.4) is 0 Å². The minimum atomic E-state index is -4.53. The summed E-state index contributed by atoms with van der Waals surface area (Å²) in [5.41, 5.74) is 0.0368. The Kier molecular flexibility index (Phi) is 5.47.